The van der Waals surface area contributed by atoms with Crippen molar-refractivity contribution in [2.45, 2.75) is 12.0 Å². The van der Waals surface area contributed by atoms with E-state index in [4.69, 9.17) is 9.47 Å². The Morgan fingerprint density at radius 3 is 1.56 bits per heavy atom. The van der Waals surface area contributed by atoms with Gasteiger partial charge in [0.15, 0.2) is 17.4 Å². The van der Waals surface area contributed by atoms with Crippen LogP contribution in [0, 0.1) is 0 Å². The molecule has 1 spiro atoms. The summed E-state index contributed by atoms with van der Waals surface area (Å²) in [7, 11) is 0. The molecule has 160 valence electrons. The van der Waals surface area contributed by atoms with Crippen LogP contribution in [0.3, 0.4) is 0 Å². The summed E-state index contributed by atoms with van der Waals surface area (Å²) in [6, 6.07) is 38.9. The molecule has 0 unspecified atom stereocenters. The zero-order valence-corrected chi connectivity index (χ0v) is 18.3. The van der Waals surface area contributed by atoms with Gasteiger partial charge in [0, 0.05) is 24.3 Å². The summed E-state index contributed by atoms with van der Waals surface area (Å²) < 4.78 is 18.3. The van der Waals surface area contributed by atoms with E-state index >= 15 is 0 Å². The number of nitrogens with zero attached hydrogens (tertiary/aromatic N) is 2. The van der Waals surface area contributed by atoms with E-state index in [1.807, 2.05) is 24.3 Å². The zero-order valence-electron chi connectivity index (χ0n) is 18.3. The second-order valence-corrected chi connectivity index (χ2v) is 8.93. The van der Waals surface area contributed by atoms with Crippen molar-refractivity contribution >= 4 is 0 Å². The highest BCUT2D eigenvalue weighted by atomic mass is 16.7. The first kappa shape index (κ1) is 18.0. The van der Waals surface area contributed by atoms with E-state index in [2.05, 4.69) is 100 Å². The van der Waals surface area contributed by atoms with E-state index < -0.39 is 6.03 Å². The molecule has 0 aliphatic carbocycles. The van der Waals surface area contributed by atoms with Crippen LogP contribution in [-0.4, -0.2) is 0 Å². The first-order chi connectivity index (χ1) is 16.9. The molecule has 0 bridgehead atoms. The van der Waals surface area contributed by atoms with Gasteiger partial charge in [-0.1, -0.05) is 54.6 Å². The van der Waals surface area contributed by atoms with Crippen LogP contribution in [0.5, 0.6) is 11.5 Å². The number of rotatable bonds is 1. The van der Waals surface area contributed by atoms with Crippen molar-refractivity contribution in [1.29, 1.82) is 0 Å². The summed E-state index contributed by atoms with van der Waals surface area (Å²) in [5, 5.41) is 0. The molecule has 0 amide bonds. The maximum Gasteiger partial charge on any atom is 0.715 e. The van der Waals surface area contributed by atoms with Crippen LogP contribution in [0.15, 0.2) is 115 Å². The lowest BCUT2D eigenvalue weighted by Gasteiger charge is -2.36. The molecule has 3 aromatic carbocycles. The smallest absolute Gasteiger partial charge is 0.340 e. The summed E-state index contributed by atoms with van der Waals surface area (Å²) >= 11 is 0. The minimum atomic E-state index is -1.19. The van der Waals surface area contributed by atoms with Crippen LogP contribution < -0.4 is 18.6 Å². The highest BCUT2D eigenvalue weighted by Gasteiger charge is 2.71. The van der Waals surface area contributed by atoms with E-state index in [1.54, 1.807) is 0 Å². The van der Waals surface area contributed by atoms with Gasteiger partial charge in [-0.25, -0.2) is 0 Å². The lowest BCUT2D eigenvalue weighted by atomic mass is 9.87. The van der Waals surface area contributed by atoms with E-state index in [0.717, 1.165) is 45.4 Å². The number of fused-ring (bicyclic) bond motifs is 4. The van der Waals surface area contributed by atoms with Crippen LogP contribution in [0.25, 0.3) is 22.5 Å². The summed E-state index contributed by atoms with van der Waals surface area (Å²) in [6.07, 6.45) is 0. The molecule has 0 fully saturated rings. The van der Waals surface area contributed by atoms with Crippen molar-refractivity contribution in [2.75, 3.05) is 0 Å². The van der Waals surface area contributed by atoms with Crippen LogP contribution in [0.2, 0.25) is 0 Å². The van der Waals surface area contributed by atoms with Gasteiger partial charge in [0.2, 0.25) is 22.8 Å². The number of benzene rings is 3. The normalized spacial score (nSPS) is 15.6. The zero-order chi connectivity index (χ0) is 22.3. The van der Waals surface area contributed by atoms with E-state index in [0.29, 0.717) is 0 Å². The molecular formula is C30H20N2O2+2. The fourth-order valence-electron chi connectivity index (χ4n) is 5.82. The number of para-hydroxylation sites is 2. The third-order valence-corrected chi connectivity index (χ3v) is 7.14. The van der Waals surface area contributed by atoms with Crippen molar-refractivity contribution in [3.63, 3.8) is 0 Å². The number of ether oxygens (including phenoxy) is 2. The largest absolute Gasteiger partial charge is 0.715 e. The van der Waals surface area contributed by atoms with Crippen LogP contribution in [0.1, 0.15) is 22.9 Å². The molecule has 0 atom stereocenters. The first-order valence-electron chi connectivity index (χ1n) is 11.6. The van der Waals surface area contributed by atoms with Crippen molar-refractivity contribution in [3.05, 3.63) is 132 Å². The molecule has 5 aromatic rings. The van der Waals surface area contributed by atoms with Gasteiger partial charge in [-0.05, 0) is 51.1 Å². The number of pyridine rings is 2. The Bertz CT molecular complexity index is 1520. The fourth-order valence-corrected chi connectivity index (χ4v) is 5.82. The minimum absolute atomic E-state index is 0.0250. The van der Waals surface area contributed by atoms with Crippen molar-refractivity contribution in [1.82, 2.24) is 0 Å². The molecular weight excluding hydrogens is 420 g/mol. The lowest BCUT2D eigenvalue weighted by Crippen LogP contribution is -2.86. The molecule has 4 heteroatoms. The van der Waals surface area contributed by atoms with Gasteiger partial charge in [0.05, 0.1) is 11.1 Å². The SMILES string of the molecule is c1ccc(C2c3cccc4[n+]3C3(Oc5ccccc5-4)Oc4ccccc4-c4cccc2[n+]43)cc1. The predicted molar refractivity (Wildman–Crippen MR) is 126 cm³/mol. The Morgan fingerprint density at radius 1 is 0.500 bits per heavy atom. The molecule has 0 radical (unpaired) electrons. The molecule has 4 nitrogen and oxygen atoms in total. The number of hydrogen-bond donors (Lipinski definition) is 0. The van der Waals surface area contributed by atoms with Crippen LogP contribution in [-0.2, 0) is 6.03 Å². The maximum atomic E-state index is 6.88. The van der Waals surface area contributed by atoms with E-state index in [-0.39, 0.29) is 5.92 Å². The van der Waals surface area contributed by atoms with Crippen molar-refractivity contribution < 1.29 is 18.6 Å². The third kappa shape index (κ3) is 2.13. The average Bonchev–Trinajstić information content (AvgIpc) is 2.89. The van der Waals surface area contributed by atoms with Gasteiger partial charge in [0.25, 0.3) is 0 Å². The highest BCUT2D eigenvalue weighted by Crippen LogP contribution is 2.45. The third-order valence-electron chi connectivity index (χ3n) is 7.14. The molecule has 34 heavy (non-hydrogen) atoms. The summed E-state index contributed by atoms with van der Waals surface area (Å²) in [6.45, 7) is 0. The highest BCUT2D eigenvalue weighted by molar-refractivity contribution is 5.68. The van der Waals surface area contributed by atoms with Gasteiger partial charge < -0.3 is 9.47 Å². The van der Waals surface area contributed by atoms with Crippen molar-refractivity contribution in [3.8, 4) is 34.0 Å². The molecule has 3 aliphatic heterocycles. The maximum absolute atomic E-state index is 6.88. The van der Waals surface area contributed by atoms with Crippen LogP contribution in [0.4, 0.5) is 0 Å². The van der Waals surface area contributed by atoms with Crippen molar-refractivity contribution in [2.24, 2.45) is 0 Å². The van der Waals surface area contributed by atoms with E-state index in [1.165, 1.54) is 5.56 Å². The Hall–Kier alpha value is -4.44. The summed E-state index contributed by atoms with van der Waals surface area (Å²) in [4.78, 5) is 0. The standard InChI is InChI=1S/C30H20N2O2/c1-2-10-20(11-3-1)29-25-16-8-14-23-21-12-4-6-18-27(21)33-30(31(23)25)32-24(15-9-17-26(29)32)22-13-5-7-19-28(22)34-30/h1-19,29H/q+2. The van der Waals surface area contributed by atoms with Crippen LogP contribution >= 0.6 is 0 Å². The summed E-state index contributed by atoms with van der Waals surface area (Å²) in [5.41, 5.74) is 7.77. The molecule has 0 saturated heterocycles. The van der Waals surface area contributed by atoms with Gasteiger partial charge in [0.1, 0.15) is 0 Å². The van der Waals surface area contributed by atoms with Gasteiger partial charge in [-0.2, -0.15) is 0 Å². The molecule has 8 rings (SSSR count). The molecule has 0 saturated carbocycles. The number of hydrogen-bond acceptors (Lipinski definition) is 2. The molecule has 5 heterocycles. The number of aromatic nitrogens is 2. The monoisotopic (exact) mass is 440 g/mol. The quantitative estimate of drug-likeness (QED) is 0.343. The lowest BCUT2D eigenvalue weighted by molar-refractivity contribution is -1.07. The minimum Gasteiger partial charge on any atom is -0.340 e. The predicted octanol–water partition coefficient (Wildman–Crippen LogP) is 4.99. The Kier molecular flexibility index (Phi) is 3.36. The first-order valence-corrected chi connectivity index (χ1v) is 11.6. The topological polar surface area (TPSA) is 26.2 Å². The van der Waals surface area contributed by atoms with E-state index in [9.17, 15) is 0 Å². The molecule has 0 N–H and O–H groups in total. The van der Waals surface area contributed by atoms with Gasteiger partial charge >= 0.3 is 6.03 Å². The van der Waals surface area contributed by atoms with Gasteiger partial charge in [-0.15, -0.1) is 0 Å². The fraction of sp³-hybridized carbons (Fsp3) is 0.0667. The second kappa shape index (κ2) is 6.33. The molecule has 2 aromatic heterocycles. The second-order valence-electron chi connectivity index (χ2n) is 8.93. The Labute approximate surface area is 196 Å². The summed E-state index contributed by atoms with van der Waals surface area (Å²) in [5.74, 6) is 1.65. The molecule has 3 aliphatic rings. The van der Waals surface area contributed by atoms with Gasteiger partial charge in [-0.3, -0.25) is 0 Å². The Balaban J connectivity index is 1.56. The average molecular weight is 441 g/mol. The Morgan fingerprint density at radius 2 is 1.00 bits per heavy atom.